The zero-order valence-corrected chi connectivity index (χ0v) is 16.3. The molecule has 1 aliphatic rings. The van der Waals surface area contributed by atoms with Gasteiger partial charge in [0.05, 0.1) is 18.0 Å². The first-order valence-corrected chi connectivity index (χ1v) is 9.66. The molecule has 2 aromatic rings. The minimum Gasteiger partial charge on any atom is -0.467 e. The average Bonchev–Trinajstić information content (AvgIpc) is 3.27. The quantitative estimate of drug-likeness (QED) is 0.884. The molecule has 3 rings (SSSR count). The Balaban J connectivity index is 1.73. The number of hydrogen-bond acceptors (Lipinski definition) is 3. The van der Waals surface area contributed by atoms with Crippen LogP contribution in [0.1, 0.15) is 62.4 Å². The molecule has 1 N–H and O–H groups in total. The fourth-order valence-electron chi connectivity index (χ4n) is 3.99. The van der Waals surface area contributed by atoms with Gasteiger partial charge in [-0.3, -0.25) is 4.68 Å². The van der Waals surface area contributed by atoms with Gasteiger partial charge in [-0.1, -0.05) is 20.8 Å². The molecule has 0 bridgehead atoms. The molecule has 0 radical (unpaired) electrons. The Morgan fingerprint density at radius 3 is 2.85 bits per heavy atom. The van der Waals surface area contributed by atoms with E-state index in [1.807, 2.05) is 28.8 Å². The number of piperidine rings is 1. The summed E-state index contributed by atoms with van der Waals surface area (Å²) in [4.78, 5) is 14.9. The van der Waals surface area contributed by atoms with Crippen LogP contribution in [0.3, 0.4) is 0 Å². The molecule has 2 amide bonds. The van der Waals surface area contributed by atoms with Gasteiger partial charge in [0.2, 0.25) is 0 Å². The number of hydrogen-bond donors (Lipinski definition) is 1. The number of nitrogens with zero attached hydrogens (tertiary/aromatic N) is 3. The van der Waals surface area contributed by atoms with Crippen LogP contribution < -0.4 is 5.32 Å². The monoisotopic (exact) mass is 358 g/mol. The molecule has 1 fully saturated rings. The van der Waals surface area contributed by atoms with Gasteiger partial charge in [0.25, 0.3) is 0 Å². The third-order valence-electron chi connectivity index (χ3n) is 5.44. The zero-order valence-electron chi connectivity index (χ0n) is 16.3. The van der Waals surface area contributed by atoms with E-state index in [1.165, 1.54) is 5.69 Å². The van der Waals surface area contributed by atoms with Crippen molar-refractivity contribution < 1.29 is 9.21 Å². The number of furan rings is 1. The smallest absolute Gasteiger partial charge is 0.318 e. The molecule has 0 aliphatic carbocycles. The van der Waals surface area contributed by atoms with E-state index < -0.39 is 0 Å². The van der Waals surface area contributed by atoms with Gasteiger partial charge in [-0.2, -0.15) is 5.10 Å². The third kappa shape index (κ3) is 3.64. The topological polar surface area (TPSA) is 63.3 Å². The van der Waals surface area contributed by atoms with Crippen LogP contribution >= 0.6 is 0 Å². The standard InChI is InChI=1S/C20H30N4O2/c1-5-16-15(17(6-2)23(4)22-16)13-21-20(25)24-10-9-14(3)12-18(24)19-8-7-11-26-19/h7-8,11,14,18H,5-6,9-10,12-13H2,1-4H3,(H,21,25). The molecule has 2 atom stereocenters. The second kappa shape index (κ2) is 7.98. The van der Waals surface area contributed by atoms with E-state index in [9.17, 15) is 4.79 Å². The highest BCUT2D eigenvalue weighted by Gasteiger charge is 2.32. The molecule has 0 saturated carbocycles. The number of rotatable bonds is 5. The summed E-state index contributed by atoms with van der Waals surface area (Å²) in [6.45, 7) is 7.75. The molecular formula is C20H30N4O2. The lowest BCUT2D eigenvalue weighted by Crippen LogP contribution is -2.45. The molecule has 0 aromatic carbocycles. The van der Waals surface area contributed by atoms with E-state index in [4.69, 9.17) is 4.42 Å². The van der Waals surface area contributed by atoms with E-state index in [0.29, 0.717) is 12.5 Å². The minimum absolute atomic E-state index is 0.0129. The predicted octanol–water partition coefficient (Wildman–Crippen LogP) is 3.82. The van der Waals surface area contributed by atoms with E-state index >= 15 is 0 Å². The first kappa shape index (κ1) is 18.5. The summed E-state index contributed by atoms with van der Waals surface area (Å²) >= 11 is 0. The first-order chi connectivity index (χ1) is 12.5. The Labute approximate surface area is 155 Å². The Kier molecular flexibility index (Phi) is 5.69. The largest absolute Gasteiger partial charge is 0.467 e. The van der Waals surface area contributed by atoms with Crippen LogP contribution in [0.4, 0.5) is 4.79 Å². The van der Waals surface area contributed by atoms with Crippen molar-refractivity contribution in [2.45, 2.75) is 59.0 Å². The fraction of sp³-hybridized carbons (Fsp3) is 0.600. The van der Waals surface area contributed by atoms with Crippen molar-refractivity contribution in [1.29, 1.82) is 0 Å². The second-order valence-corrected chi connectivity index (χ2v) is 7.22. The molecule has 6 heteroatoms. The van der Waals surface area contributed by atoms with Gasteiger partial charge in [-0.25, -0.2) is 4.79 Å². The molecule has 6 nitrogen and oxygen atoms in total. The molecule has 0 spiro atoms. The second-order valence-electron chi connectivity index (χ2n) is 7.22. The Morgan fingerprint density at radius 1 is 1.38 bits per heavy atom. The number of likely N-dealkylation sites (tertiary alicyclic amines) is 1. The Bertz CT molecular complexity index is 735. The SMILES string of the molecule is CCc1nn(C)c(CC)c1CNC(=O)N1CCC(C)CC1c1ccco1. The van der Waals surface area contributed by atoms with Crippen molar-refractivity contribution in [2.75, 3.05) is 6.54 Å². The summed E-state index contributed by atoms with van der Waals surface area (Å²) in [5.74, 6) is 1.46. The van der Waals surface area contributed by atoms with Crippen LogP contribution in [-0.4, -0.2) is 27.3 Å². The predicted molar refractivity (Wildman–Crippen MR) is 101 cm³/mol. The van der Waals surface area contributed by atoms with Crippen LogP contribution in [0, 0.1) is 5.92 Å². The van der Waals surface area contributed by atoms with Gasteiger partial charge < -0.3 is 14.6 Å². The van der Waals surface area contributed by atoms with Crippen LogP contribution in [0.15, 0.2) is 22.8 Å². The lowest BCUT2D eigenvalue weighted by Gasteiger charge is -2.37. The van der Waals surface area contributed by atoms with E-state index in [0.717, 1.165) is 49.2 Å². The summed E-state index contributed by atoms with van der Waals surface area (Å²) in [5.41, 5.74) is 3.42. The van der Waals surface area contributed by atoms with Crippen LogP contribution in [0.2, 0.25) is 0 Å². The molecule has 142 valence electrons. The van der Waals surface area contributed by atoms with Gasteiger partial charge in [-0.15, -0.1) is 0 Å². The zero-order chi connectivity index (χ0) is 18.7. The highest BCUT2D eigenvalue weighted by atomic mass is 16.3. The van der Waals surface area contributed by atoms with E-state index in [2.05, 4.69) is 31.2 Å². The Hall–Kier alpha value is -2.24. The maximum absolute atomic E-state index is 12.9. The summed E-state index contributed by atoms with van der Waals surface area (Å²) in [6.07, 6.45) is 5.42. The van der Waals surface area contributed by atoms with Crippen molar-refractivity contribution in [3.8, 4) is 0 Å². The number of urea groups is 1. The number of nitrogens with one attached hydrogen (secondary N) is 1. The summed E-state index contributed by atoms with van der Waals surface area (Å²) < 4.78 is 7.54. The molecule has 1 saturated heterocycles. The number of amides is 2. The van der Waals surface area contributed by atoms with E-state index in [-0.39, 0.29) is 12.1 Å². The summed E-state index contributed by atoms with van der Waals surface area (Å²) in [5, 5.41) is 7.72. The number of carbonyl (C=O) groups excluding carboxylic acids is 1. The normalized spacial score (nSPS) is 20.4. The van der Waals surface area contributed by atoms with E-state index in [1.54, 1.807) is 6.26 Å². The molecule has 2 aromatic heterocycles. The van der Waals surface area contributed by atoms with Gasteiger partial charge >= 0.3 is 6.03 Å². The lowest BCUT2D eigenvalue weighted by molar-refractivity contribution is 0.119. The van der Waals surface area contributed by atoms with Crippen molar-refractivity contribution in [1.82, 2.24) is 20.0 Å². The molecule has 3 heterocycles. The minimum atomic E-state index is -0.0220. The number of carbonyl (C=O) groups is 1. The maximum Gasteiger partial charge on any atom is 0.318 e. The van der Waals surface area contributed by atoms with Crippen LogP contribution in [-0.2, 0) is 26.4 Å². The van der Waals surface area contributed by atoms with Gasteiger partial charge in [0.15, 0.2) is 0 Å². The molecular weight excluding hydrogens is 328 g/mol. The van der Waals surface area contributed by atoms with Crippen molar-refractivity contribution >= 4 is 6.03 Å². The van der Waals surface area contributed by atoms with Gasteiger partial charge in [-0.05, 0) is 43.7 Å². The lowest BCUT2D eigenvalue weighted by atomic mass is 9.91. The number of aryl methyl sites for hydroxylation is 2. The average molecular weight is 358 g/mol. The first-order valence-electron chi connectivity index (χ1n) is 9.66. The molecule has 1 aliphatic heterocycles. The fourth-order valence-corrected chi connectivity index (χ4v) is 3.99. The maximum atomic E-state index is 12.9. The summed E-state index contributed by atoms with van der Waals surface area (Å²) in [6, 6.07) is 3.85. The van der Waals surface area contributed by atoms with Crippen molar-refractivity contribution in [3.63, 3.8) is 0 Å². The van der Waals surface area contributed by atoms with Gasteiger partial charge in [0.1, 0.15) is 5.76 Å². The third-order valence-corrected chi connectivity index (χ3v) is 5.44. The van der Waals surface area contributed by atoms with Gasteiger partial charge in [0, 0.05) is 31.4 Å². The highest BCUT2D eigenvalue weighted by Crippen LogP contribution is 2.34. The summed E-state index contributed by atoms with van der Waals surface area (Å²) in [7, 11) is 1.97. The van der Waals surface area contributed by atoms with Crippen molar-refractivity contribution in [3.05, 3.63) is 41.1 Å². The molecule has 26 heavy (non-hydrogen) atoms. The van der Waals surface area contributed by atoms with Crippen LogP contribution in [0.25, 0.3) is 0 Å². The van der Waals surface area contributed by atoms with Crippen LogP contribution in [0.5, 0.6) is 0 Å². The Morgan fingerprint density at radius 2 is 2.19 bits per heavy atom. The van der Waals surface area contributed by atoms with Crippen molar-refractivity contribution in [2.24, 2.45) is 13.0 Å². The highest BCUT2D eigenvalue weighted by molar-refractivity contribution is 5.75. The molecule has 2 unspecified atom stereocenters. The number of aromatic nitrogens is 2.